The lowest BCUT2D eigenvalue weighted by molar-refractivity contribution is -0.0855. The number of methoxy groups -OCH3 is 1. The molecule has 1 aromatic rings. The number of nitrogens with zero attached hydrogens (tertiary/aromatic N) is 2. The molecule has 6 heteroatoms. The van der Waals surface area contributed by atoms with Crippen molar-refractivity contribution in [2.45, 2.75) is 37.3 Å². The minimum Gasteiger partial charge on any atom is -0.381 e. The van der Waals surface area contributed by atoms with E-state index in [1.165, 1.54) is 31.5 Å². The van der Waals surface area contributed by atoms with Crippen LogP contribution in [0.25, 0.3) is 0 Å². The first-order valence-corrected chi connectivity index (χ1v) is 10.1. The monoisotopic (exact) mass is 374 g/mol. The van der Waals surface area contributed by atoms with Crippen molar-refractivity contribution in [3.63, 3.8) is 0 Å². The van der Waals surface area contributed by atoms with E-state index in [9.17, 15) is 0 Å². The van der Waals surface area contributed by atoms with Crippen molar-refractivity contribution < 1.29 is 9.47 Å². The van der Waals surface area contributed by atoms with E-state index in [0.717, 1.165) is 45.1 Å². The van der Waals surface area contributed by atoms with Gasteiger partial charge in [-0.25, -0.2) is 0 Å². The molecule has 1 aromatic carbocycles. The average Bonchev–Trinajstić information content (AvgIpc) is 3.26. The first kappa shape index (κ1) is 20.1. The number of hydrogen-bond acceptors (Lipinski definition) is 4. The van der Waals surface area contributed by atoms with Gasteiger partial charge in [-0.2, -0.15) is 0 Å². The molecule has 0 radical (unpaired) electrons. The Hall–Kier alpha value is -1.63. The predicted octanol–water partition coefficient (Wildman–Crippen LogP) is 2.18. The Kier molecular flexibility index (Phi) is 7.50. The number of likely N-dealkylation sites (tertiary alicyclic amines) is 1. The summed E-state index contributed by atoms with van der Waals surface area (Å²) in [6.07, 6.45) is 4.39. The van der Waals surface area contributed by atoms with Gasteiger partial charge in [-0.3, -0.25) is 9.89 Å². The van der Waals surface area contributed by atoms with Gasteiger partial charge in [0.1, 0.15) is 0 Å². The quantitative estimate of drug-likeness (QED) is 0.566. The van der Waals surface area contributed by atoms with Crippen LogP contribution < -0.4 is 10.6 Å². The molecule has 6 nitrogen and oxygen atoms in total. The molecule has 2 fully saturated rings. The van der Waals surface area contributed by atoms with Crippen LogP contribution in [-0.4, -0.2) is 70.0 Å². The largest absolute Gasteiger partial charge is 0.381 e. The molecule has 0 saturated carbocycles. The standard InChI is InChI=1S/C21H34N4O2/c1-22-20(24-17-21(26-2)10-14-27-15-11-21)23-16-19(25-12-6-7-13-25)18-8-4-3-5-9-18/h3-5,8-9,19H,6-7,10-17H2,1-2H3,(H2,22,23,24). The highest BCUT2D eigenvalue weighted by molar-refractivity contribution is 5.79. The first-order valence-electron chi connectivity index (χ1n) is 10.1. The molecule has 0 aliphatic carbocycles. The van der Waals surface area contributed by atoms with E-state index in [2.05, 4.69) is 50.9 Å². The number of aliphatic imine (C=N–C) groups is 1. The summed E-state index contributed by atoms with van der Waals surface area (Å²) in [5, 5.41) is 7.00. The summed E-state index contributed by atoms with van der Waals surface area (Å²) in [7, 11) is 3.62. The van der Waals surface area contributed by atoms with Crippen LogP contribution in [-0.2, 0) is 9.47 Å². The lowest BCUT2D eigenvalue weighted by Gasteiger charge is -2.36. The highest BCUT2D eigenvalue weighted by Gasteiger charge is 2.32. The van der Waals surface area contributed by atoms with Crippen LogP contribution in [0.1, 0.15) is 37.3 Å². The van der Waals surface area contributed by atoms with Crippen LogP contribution in [0.4, 0.5) is 0 Å². The molecular formula is C21H34N4O2. The lowest BCUT2D eigenvalue weighted by atomic mass is 9.94. The molecule has 2 aliphatic heterocycles. The smallest absolute Gasteiger partial charge is 0.191 e. The molecule has 2 saturated heterocycles. The fourth-order valence-corrected chi connectivity index (χ4v) is 4.04. The highest BCUT2D eigenvalue weighted by Crippen LogP contribution is 2.25. The summed E-state index contributed by atoms with van der Waals surface area (Å²) in [5.74, 6) is 0.832. The zero-order chi connectivity index (χ0) is 19.0. The van der Waals surface area contributed by atoms with Gasteiger partial charge in [0.15, 0.2) is 5.96 Å². The maximum absolute atomic E-state index is 5.82. The molecule has 0 amide bonds. The molecule has 27 heavy (non-hydrogen) atoms. The third-order valence-electron chi connectivity index (χ3n) is 5.87. The van der Waals surface area contributed by atoms with Crippen molar-refractivity contribution in [3.8, 4) is 0 Å². The third-order valence-corrected chi connectivity index (χ3v) is 5.87. The van der Waals surface area contributed by atoms with Gasteiger partial charge in [-0.05, 0) is 31.5 Å². The summed E-state index contributed by atoms with van der Waals surface area (Å²) >= 11 is 0. The second kappa shape index (κ2) is 10.1. The fraction of sp³-hybridized carbons (Fsp3) is 0.667. The second-order valence-electron chi connectivity index (χ2n) is 7.48. The topological polar surface area (TPSA) is 58.1 Å². The molecule has 2 N–H and O–H groups in total. The van der Waals surface area contributed by atoms with Gasteiger partial charge in [0, 0.05) is 53.3 Å². The van der Waals surface area contributed by atoms with Crippen LogP contribution in [0, 0.1) is 0 Å². The molecule has 2 heterocycles. The van der Waals surface area contributed by atoms with Crippen molar-refractivity contribution in [2.75, 3.05) is 53.6 Å². The Bertz CT molecular complexity index is 581. The van der Waals surface area contributed by atoms with Crippen LogP contribution in [0.15, 0.2) is 35.3 Å². The number of guanidine groups is 1. The van der Waals surface area contributed by atoms with Gasteiger partial charge in [0.05, 0.1) is 11.6 Å². The van der Waals surface area contributed by atoms with Crippen molar-refractivity contribution in [1.82, 2.24) is 15.5 Å². The van der Waals surface area contributed by atoms with E-state index in [4.69, 9.17) is 9.47 Å². The van der Waals surface area contributed by atoms with Crippen LogP contribution in [0.3, 0.4) is 0 Å². The van der Waals surface area contributed by atoms with Gasteiger partial charge >= 0.3 is 0 Å². The van der Waals surface area contributed by atoms with Gasteiger partial charge < -0.3 is 20.1 Å². The molecule has 150 valence electrons. The van der Waals surface area contributed by atoms with E-state index in [1.54, 1.807) is 7.11 Å². The SMILES string of the molecule is CN=C(NCC(c1ccccc1)N1CCCC1)NCC1(OC)CCOCC1. The number of hydrogen-bond donors (Lipinski definition) is 2. The summed E-state index contributed by atoms with van der Waals surface area (Å²) in [6.45, 7) is 5.43. The van der Waals surface area contributed by atoms with E-state index >= 15 is 0 Å². The number of ether oxygens (including phenoxy) is 2. The maximum atomic E-state index is 5.82. The van der Waals surface area contributed by atoms with Gasteiger partial charge in [-0.1, -0.05) is 30.3 Å². The fourth-order valence-electron chi connectivity index (χ4n) is 4.04. The van der Waals surface area contributed by atoms with E-state index < -0.39 is 0 Å². The highest BCUT2D eigenvalue weighted by atomic mass is 16.5. The normalized spacial score (nSPS) is 21.8. The summed E-state index contributed by atoms with van der Waals surface area (Å²) in [6, 6.07) is 11.1. The Morgan fingerprint density at radius 2 is 1.89 bits per heavy atom. The molecule has 1 unspecified atom stereocenters. The Morgan fingerprint density at radius 3 is 2.52 bits per heavy atom. The van der Waals surface area contributed by atoms with Crippen molar-refractivity contribution in [2.24, 2.45) is 4.99 Å². The van der Waals surface area contributed by atoms with Crippen LogP contribution in [0.5, 0.6) is 0 Å². The van der Waals surface area contributed by atoms with Gasteiger partial charge in [-0.15, -0.1) is 0 Å². The van der Waals surface area contributed by atoms with E-state index in [-0.39, 0.29) is 5.60 Å². The number of benzene rings is 1. The van der Waals surface area contributed by atoms with Gasteiger partial charge in [0.2, 0.25) is 0 Å². The molecule has 0 bridgehead atoms. The minimum atomic E-state index is -0.163. The third kappa shape index (κ3) is 5.43. The zero-order valence-corrected chi connectivity index (χ0v) is 16.7. The van der Waals surface area contributed by atoms with Gasteiger partial charge in [0.25, 0.3) is 0 Å². The molecule has 2 aliphatic rings. The van der Waals surface area contributed by atoms with Crippen LogP contribution in [0.2, 0.25) is 0 Å². The summed E-state index contributed by atoms with van der Waals surface area (Å²) in [4.78, 5) is 6.99. The number of nitrogens with one attached hydrogen (secondary N) is 2. The number of rotatable bonds is 7. The second-order valence-corrected chi connectivity index (χ2v) is 7.48. The Morgan fingerprint density at radius 1 is 1.19 bits per heavy atom. The maximum Gasteiger partial charge on any atom is 0.191 e. The summed E-state index contributed by atoms with van der Waals surface area (Å²) in [5.41, 5.74) is 1.20. The lowest BCUT2D eigenvalue weighted by Crippen LogP contribution is -2.51. The Balaban J connectivity index is 1.57. The molecule has 3 rings (SSSR count). The summed E-state index contributed by atoms with van der Waals surface area (Å²) < 4.78 is 11.3. The zero-order valence-electron chi connectivity index (χ0n) is 16.7. The van der Waals surface area contributed by atoms with Crippen molar-refractivity contribution >= 4 is 5.96 Å². The minimum absolute atomic E-state index is 0.163. The average molecular weight is 375 g/mol. The molecule has 0 aromatic heterocycles. The van der Waals surface area contributed by atoms with Crippen molar-refractivity contribution in [3.05, 3.63) is 35.9 Å². The van der Waals surface area contributed by atoms with Crippen LogP contribution >= 0.6 is 0 Å². The molecule has 0 spiro atoms. The molecule has 1 atom stereocenters. The molecular weight excluding hydrogens is 340 g/mol. The Labute approximate surface area is 163 Å². The van der Waals surface area contributed by atoms with E-state index in [1.807, 2.05) is 7.05 Å². The predicted molar refractivity (Wildman–Crippen MR) is 109 cm³/mol. The van der Waals surface area contributed by atoms with Crippen molar-refractivity contribution in [1.29, 1.82) is 0 Å². The first-order chi connectivity index (χ1) is 13.3. The van der Waals surface area contributed by atoms with E-state index in [0.29, 0.717) is 6.04 Å².